The second-order valence-corrected chi connectivity index (χ2v) is 5.69. The van der Waals surface area contributed by atoms with E-state index in [1.165, 1.54) is 14.2 Å². The minimum Gasteiger partial charge on any atom is -0.493 e. The monoisotopic (exact) mass is 359 g/mol. The largest absolute Gasteiger partial charge is 0.493 e. The molecular formula is C19H21NO6. The molecule has 0 saturated carbocycles. The molecular weight excluding hydrogens is 338 g/mol. The van der Waals surface area contributed by atoms with E-state index < -0.39 is 23.4 Å². The number of allylic oxidation sites excluding steroid dienone is 2. The van der Waals surface area contributed by atoms with Gasteiger partial charge in [0.05, 0.1) is 26.6 Å². The van der Waals surface area contributed by atoms with Crippen LogP contribution in [-0.4, -0.2) is 31.7 Å². The van der Waals surface area contributed by atoms with Crippen LogP contribution >= 0.6 is 0 Å². The Morgan fingerprint density at radius 1 is 1.42 bits per heavy atom. The molecule has 0 aliphatic rings. The molecule has 0 spiro atoms. The summed E-state index contributed by atoms with van der Waals surface area (Å²) in [5, 5.41) is 12.5. The van der Waals surface area contributed by atoms with Gasteiger partial charge in [0.15, 0.2) is 11.3 Å². The van der Waals surface area contributed by atoms with Crippen LogP contribution in [0.2, 0.25) is 0 Å². The van der Waals surface area contributed by atoms with Gasteiger partial charge in [0, 0.05) is 15.5 Å². The first-order chi connectivity index (χ1) is 12.4. The molecule has 1 heterocycles. The maximum atomic E-state index is 11.8. The van der Waals surface area contributed by atoms with Crippen molar-refractivity contribution in [3.63, 3.8) is 0 Å². The molecule has 0 bridgehead atoms. The van der Waals surface area contributed by atoms with Gasteiger partial charge in [-0.25, -0.2) is 0 Å². The van der Waals surface area contributed by atoms with Crippen LogP contribution in [0.4, 0.5) is 0 Å². The molecule has 0 fully saturated rings. The van der Waals surface area contributed by atoms with Crippen molar-refractivity contribution in [1.82, 2.24) is 0 Å². The number of methoxy groups -OCH3 is 2. The van der Waals surface area contributed by atoms with E-state index in [0.29, 0.717) is 32.9 Å². The zero-order valence-electron chi connectivity index (χ0n) is 15.0. The van der Waals surface area contributed by atoms with E-state index in [0.717, 1.165) is 0 Å². The molecule has 1 aromatic carbocycles. The number of carbonyl (C=O) groups is 1. The third-order valence-corrected chi connectivity index (χ3v) is 4.07. The van der Waals surface area contributed by atoms with Crippen molar-refractivity contribution in [2.45, 2.75) is 19.3 Å². The fourth-order valence-electron chi connectivity index (χ4n) is 2.88. The van der Waals surface area contributed by atoms with Crippen molar-refractivity contribution in [2.75, 3.05) is 20.8 Å². The van der Waals surface area contributed by atoms with Gasteiger partial charge in [0.1, 0.15) is 5.42 Å². The third kappa shape index (κ3) is 3.93. The number of esters is 1. The summed E-state index contributed by atoms with van der Waals surface area (Å²) in [7, 11) is 2.77. The molecule has 2 rings (SSSR count). The molecule has 138 valence electrons. The maximum Gasteiger partial charge on any atom is 0.306 e. The molecule has 7 nitrogen and oxygen atoms in total. The number of fused-ring (bicyclic) bond motifs is 1. The van der Waals surface area contributed by atoms with Gasteiger partial charge in [-0.2, -0.15) is 0 Å². The van der Waals surface area contributed by atoms with Crippen molar-refractivity contribution in [1.29, 1.82) is 0 Å². The van der Waals surface area contributed by atoms with E-state index in [4.69, 9.17) is 13.9 Å². The molecule has 2 aromatic rings. The van der Waals surface area contributed by atoms with E-state index in [2.05, 4.69) is 6.58 Å². The summed E-state index contributed by atoms with van der Waals surface area (Å²) >= 11 is 0. The van der Waals surface area contributed by atoms with Crippen molar-refractivity contribution >= 4 is 29.6 Å². The summed E-state index contributed by atoms with van der Waals surface area (Å²) in [5.74, 6) is -0.689. The maximum absolute atomic E-state index is 11.8. The number of benzene rings is 1. The lowest BCUT2D eigenvalue weighted by Gasteiger charge is -2.14. The Balaban J connectivity index is 2.80. The first-order valence-electron chi connectivity index (χ1n) is 8.02. The molecule has 0 N–H and O–H groups in total. The van der Waals surface area contributed by atoms with Crippen LogP contribution in [0.25, 0.3) is 23.6 Å². The van der Waals surface area contributed by atoms with Crippen LogP contribution in [-0.2, 0) is 9.53 Å². The zero-order chi connectivity index (χ0) is 19.3. The molecule has 0 aliphatic heterocycles. The summed E-state index contributed by atoms with van der Waals surface area (Å²) in [5.41, 5.74) is 1.49. The molecule has 1 unspecified atom stereocenters. The van der Waals surface area contributed by atoms with E-state index in [-0.39, 0.29) is 6.42 Å². The number of furan rings is 1. The molecule has 0 amide bonds. The summed E-state index contributed by atoms with van der Waals surface area (Å²) in [6.45, 7) is 5.38. The van der Waals surface area contributed by atoms with E-state index in [1.807, 2.05) is 25.2 Å². The Hall–Kier alpha value is -3.09. The van der Waals surface area contributed by atoms with Crippen molar-refractivity contribution in [3.8, 4) is 5.75 Å². The van der Waals surface area contributed by atoms with Gasteiger partial charge in [-0.1, -0.05) is 30.9 Å². The first kappa shape index (κ1) is 19.2. The number of carbonyl (C=O) groups excluding carboxylic acids is 1. The Labute approximate surface area is 150 Å². The number of hydrogen-bond acceptors (Lipinski definition) is 6. The minimum absolute atomic E-state index is 0.111. The number of ether oxygens (including phenoxy) is 2. The fraction of sp³-hybridized carbons (Fsp3) is 0.316. The van der Waals surface area contributed by atoms with Crippen LogP contribution in [0, 0.1) is 10.1 Å². The lowest BCUT2D eigenvalue weighted by Crippen LogP contribution is -2.22. The molecule has 0 aliphatic carbocycles. The van der Waals surface area contributed by atoms with Crippen LogP contribution in [0.3, 0.4) is 0 Å². The first-order valence-corrected chi connectivity index (χ1v) is 8.02. The van der Waals surface area contributed by atoms with Gasteiger partial charge < -0.3 is 13.9 Å². The van der Waals surface area contributed by atoms with E-state index in [1.54, 1.807) is 12.1 Å². The SMILES string of the molecule is C=c1oc2c(OC)ccc(C(CC(=O)OC)C[N+](=O)[O-])c2/c1=C/C=C\C. The van der Waals surface area contributed by atoms with Crippen molar-refractivity contribution < 1.29 is 23.6 Å². The molecule has 1 atom stereocenters. The van der Waals surface area contributed by atoms with Gasteiger partial charge in [-0.3, -0.25) is 14.9 Å². The number of nitro groups is 1. The minimum atomic E-state index is -0.666. The van der Waals surface area contributed by atoms with Crippen molar-refractivity contribution in [3.05, 3.63) is 50.6 Å². The van der Waals surface area contributed by atoms with Crippen LogP contribution in [0.5, 0.6) is 5.75 Å². The lowest BCUT2D eigenvalue weighted by molar-refractivity contribution is -0.483. The van der Waals surface area contributed by atoms with Gasteiger partial charge in [-0.15, -0.1) is 0 Å². The summed E-state index contributed by atoms with van der Waals surface area (Å²) in [6.07, 6.45) is 5.38. The topological polar surface area (TPSA) is 91.8 Å². The highest BCUT2D eigenvalue weighted by molar-refractivity contribution is 5.89. The van der Waals surface area contributed by atoms with Gasteiger partial charge in [0.25, 0.3) is 0 Å². The average molecular weight is 359 g/mol. The molecule has 26 heavy (non-hydrogen) atoms. The Bertz CT molecular complexity index is 957. The van der Waals surface area contributed by atoms with Crippen LogP contribution in [0.1, 0.15) is 24.8 Å². The van der Waals surface area contributed by atoms with Crippen LogP contribution in [0.15, 0.2) is 28.7 Å². The molecule has 0 radical (unpaired) electrons. The highest BCUT2D eigenvalue weighted by Crippen LogP contribution is 2.32. The molecule has 0 saturated heterocycles. The van der Waals surface area contributed by atoms with Gasteiger partial charge in [0.2, 0.25) is 6.54 Å². The summed E-state index contributed by atoms with van der Waals surface area (Å²) in [6, 6.07) is 3.39. The summed E-state index contributed by atoms with van der Waals surface area (Å²) in [4.78, 5) is 22.5. The zero-order valence-corrected chi connectivity index (χ0v) is 15.0. The second kappa shape index (κ2) is 8.33. The Kier molecular flexibility index (Phi) is 6.16. The van der Waals surface area contributed by atoms with E-state index in [9.17, 15) is 14.9 Å². The van der Waals surface area contributed by atoms with Crippen molar-refractivity contribution in [2.24, 2.45) is 0 Å². The Morgan fingerprint density at radius 2 is 2.15 bits per heavy atom. The average Bonchev–Trinajstić information content (AvgIpc) is 2.94. The highest BCUT2D eigenvalue weighted by atomic mass is 16.6. The smallest absolute Gasteiger partial charge is 0.306 e. The summed E-state index contributed by atoms with van der Waals surface area (Å²) < 4.78 is 15.8. The highest BCUT2D eigenvalue weighted by Gasteiger charge is 2.26. The molecule has 1 aromatic heterocycles. The second-order valence-electron chi connectivity index (χ2n) is 5.69. The standard InChI is InChI=1S/C19H21NO6/c1-5-6-7-14-12(2)26-19-16(24-3)9-8-15(18(14)19)13(11-20(22)23)10-17(21)25-4/h5-9,13H,2,10-11H2,1,3-4H3/b6-5-,14-7+. The quantitative estimate of drug-likeness (QED) is 0.427. The number of rotatable bonds is 7. The van der Waals surface area contributed by atoms with Gasteiger partial charge in [-0.05, 0) is 18.6 Å². The fourth-order valence-corrected chi connectivity index (χ4v) is 2.88. The van der Waals surface area contributed by atoms with Crippen LogP contribution < -0.4 is 15.4 Å². The van der Waals surface area contributed by atoms with E-state index >= 15 is 0 Å². The van der Waals surface area contributed by atoms with Gasteiger partial charge >= 0.3 is 5.97 Å². The third-order valence-electron chi connectivity index (χ3n) is 4.07. The normalized spacial score (nSPS) is 13.3. The predicted molar refractivity (Wildman–Crippen MR) is 98.1 cm³/mol. The Morgan fingerprint density at radius 3 is 2.73 bits per heavy atom. The lowest BCUT2D eigenvalue weighted by atomic mass is 9.92. The number of hydrogen-bond donors (Lipinski definition) is 0. The number of nitrogens with zero attached hydrogens (tertiary/aromatic N) is 1. The molecule has 7 heteroatoms. The predicted octanol–water partition coefficient (Wildman–Crippen LogP) is 2.13.